The van der Waals surface area contributed by atoms with Crippen LogP contribution in [0.2, 0.25) is 5.02 Å². The van der Waals surface area contributed by atoms with E-state index in [-0.39, 0.29) is 34.8 Å². The van der Waals surface area contributed by atoms with Crippen molar-refractivity contribution in [2.75, 3.05) is 11.9 Å². The minimum atomic E-state index is -0.979. The molecule has 2 aromatic heterocycles. The van der Waals surface area contributed by atoms with Crippen LogP contribution in [0, 0.1) is 11.7 Å². The van der Waals surface area contributed by atoms with Crippen LogP contribution in [-0.2, 0) is 11.3 Å². The molecule has 1 aliphatic carbocycles. The van der Waals surface area contributed by atoms with Gasteiger partial charge in [0.05, 0.1) is 30.5 Å². The van der Waals surface area contributed by atoms with Gasteiger partial charge in [0.2, 0.25) is 0 Å². The van der Waals surface area contributed by atoms with E-state index >= 15 is 0 Å². The third kappa shape index (κ3) is 6.28. The molecule has 2 heterocycles. The van der Waals surface area contributed by atoms with Gasteiger partial charge in [-0.3, -0.25) is 14.3 Å². The molecule has 0 saturated heterocycles. The van der Waals surface area contributed by atoms with Gasteiger partial charge in [0.1, 0.15) is 6.04 Å². The molecular weight excluding hydrogens is 493 g/mol. The third-order valence-corrected chi connectivity index (χ3v) is 6.37. The zero-order valence-electron chi connectivity index (χ0n) is 19.4. The van der Waals surface area contributed by atoms with Crippen molar-refractivity contribution in [3.8, 4) is 11.5 Å². The Kier molecular flexibility index (Phi) is 8.34. The number of hydrogen-bond acceptors (Lipinski definition) is 7. The molecule has 0 spiro atoms. The first-order chi connectivity index (χ1) is 17.3. The van der Waals surface area contributed by atoms with Crippen molar-refractivity contribution in [2.45, 2.75) is 50.8 Å². The highest BCUT2D eigenvalue weighted by Gasteiger charge is 2.29. The second kappa shape index (κ2) is 11.6. The van der Waals surface area contributed by atoms with Gasteiger partial charge in [-0.15, -0.1) is 0 Å². The number of hydrogen-bond donors (Lipinski definition) is 3. The fourth-order valence-electron chi connectivity index (χ4n) is 4.27. The van der Waals surface area contributed by atoms with E-state index < -0.39 is 36.0 Å². The van der Waals surface area contributed by atoms with Crippen molar-refractivity contribution in [1.82, 2.24) is 19.6 Å². The zero-order chi connectivity index (χ0) is 25.7. The number of amides is 1. The SMILES string of the molecule is O=C(Nc1ccn(C[C@@H](O)CO)n1)C(CC1CCCC1)n1ncc(Oc2cccc(Cl)c2F)cc1=O. The predicted molar refractivity (Wildman–Crippen MR) is 130 cm³/mol. The van der Waals surface area contributed by atoms with Crippen LogP contribution < -0.4 is 15.6 Å². The summed E-state index contributed by atoms with van der Waals surface area (Å²) in [5, 5.41) is 29.5. The molecule has 1 saturated carbocycles. The molecule has 1 aromatic carbocycles. The van der Waals surface area contributed by atoms with Crippen LogP contribution in [0.3, 0.4) is 0 Å². The molecule has 192 valence electrons. The second-order valence-electron chi connectivity index (χ2n) is 8.78. The molecule has 10 nitrogen and oxygen atoms in total. The van der Waals surface area contributed by atoms with Crippen LogP contribution in [0.5, 0.6) is 11.5 Å². The van der Waals surface area contributed by atoms with E-state index in [1.807, 2.05) is 0 Å². The first kappa shape index (κ1) is 25.8. The number of carbonyl (C=O) groups excluding carboxylic acids is 1. The molecule has 2 atom stereocenters. The van der Waals surface area contributed by atoms with Crippen LogP contribution in [0.1, 0.15) is 38.1 Å². The molecule has 3 aromatic rings. The topological polar surface area (TPSA) is 132 Å². The number of aromatic nitrogens is 4. The summed E-state index contributed by atoms with van der Waals surface area (Å²) >= 11 is 5.78. The number of nitrogens with one attached hydrogen (secondary N) is 1. The van der Waals surface area contributed by atoms with Gasteiger partial charge in [0, 0.05) is 18.3 Å². The molecule has 1 amide bonds. The molecule has 0 radical (unpaired) electrons. The first-order valence-electron chi connectivity index (χ1n) is 11.7. The molecule has 1 aliphatic rings. The average Bonchev–Trinajstić information content (AvgIpc) is 3.53. The largest absolute Gasteiger partial charge is 0.452 e. The fourth-order valence-corrected chi connectivity index (χ4v) is 4.44. The highest BCUT2D eigenvalue weighted by Crippen LogP contribution is 2.32. The molecule has 1 unspecified atom stereocenters. The predicted octanol–water partition coefficient (Wildman–Crippen LogP) is 3.14. The summed E-state index contributed by atoms with van der Waals surface area (Å²) in [6.45, 7) is -0.350. The molecule has 3 N–H and O–H groups in total. The van der Waals surface area contributed by atoms with Crippen molar-refractivity contribution in [2.24, 2.45) is 5.92 Å². The number of benzene rings is 1. The molecule has 4 rings (SSSR count). The first-order valence-corrected chi connectivity index (χ1v) is 12.1. The number of rotatable bonds is 10. The minimum absolute atomic E-state index is 0.0126. The summed E-state index contributed by atoms with van der Waals surface area (Å²) in [5.41, 5.74) is -0.579. The summed E-state index contributed by atoms with van der Waals surface area (Å²) in [6, 6.07) is 6.08. The van der Waals surface area contributed by atoms with Gasteiger partial charge in [0.25, 0.3) is 11.5 Å². The number of anilines is 1. The maximum absolute atomic E-state index is 14.2. The number of nitrogens with zero attached hydrogens (tertiary/aromatic N) is 4. The van der Waals surface area contributed by atoms with E-state index in [0.29, 0.717) is 6.42 Å². The lowest BCUT2D eigenvalue weighted by molar-refractivity contribution is -0.120. The minimum Gasteiger partial charge on any atom is -0.452 e. The van der Waals surface area contributed by atoms with Crippen LogP contribution in [-0.4, -0.2) is 48.4 Å². The van der Waals surface area contributed by atoms with Gasteiger partial charge in [-0.1, -0.05) is 43.4 Å². The van der Waals surface area contributed by atoms with Gasteiger partial charge in [-0.05, 0) is 24.5 Å². The molecule has 0 bridgehead atoms. The number of aliphatic hydroxyl groups excluding tert-OH is 2. The summed E-state index contributed by atoms with van der Waals surface area (Å²) in [7, 11) is 0. The second-order valence-corrected chi connectivity index (χ2v) is 9.19. The van der Waals surface area contributed by atoms with E-state index in [4.69, 9.17) is 21.4 Å². The highest BCUT2D eigenvalue weighted by molar-refractivity contribution is 6.30. The lowest BCUT2D eigenvalue weighted by Crippen LogP contribution is -2.36. The fraction of sp³-hybridized carbons (Fsp3) is 0.417. The Hall–Kier alpha value is -3.28. The molecule has 12 heteroatoms. The van der Waals surface area contributed by atoms with Gasteiger partial charge in [0.15, 0.2) is 23.1 Å². The number of carbonyl (C=O) groups is 1. The number of ether oxygens (including phenoxy) is 1. The van der Waals surface area contributed by atoms with Crippen molar-refractivity contribution in [3.05, 3.63) is 63.9 Å². The monoisotopic (exact) mass is 519 g/mol. The Labute approximate surface area is 211 Å². The Morgan fingerprint density at radius 1 is 1.31 bits per heavy atom. The zero-order valence-corrected chi connectivity index (χ0v) is 20.1. The maximum atomic E-state index is 14.2. The van der Waals surface area contributed by atoms with E-state index in [1.54, 1.807) is 12.3 Å². The Balaban J connectivity index is 1.54. The standard InChI is InChI=1S/C24H27ClFN5O5/c25-18-6-3-7-20(23(18)26)36-17-11-22(34)31(27-12-17)19(10-15-4-1-2-5-15)24(35)28-21-8-9-30(29-21)13-16(33)14-32/h3,6-9,11-12,15-16,19,32-33H,1-2,4-5,10,13-14H2,(H,28,29,35)/t16-,19?/m1/s1. The van der Waals surface area contributed by atoms with Crippen molar-refractivity contribution < 1.29 is 24.1 Å². The van der Waals surface area contributed by atoms with Gasteiger partial charge >= 0.3 is 0 Å². The molecule has 0 aliphatic heterocycles. The third-order valence-electron chi connectivity index (χ3n) is 6.07. The van der Waals surface area contributed by atoms with Gasteiger partial charge in [-0.25, -0.2) is 9.07 Å². The average molecular weight is 520 g/mol. The molecule has 1 fully saturated rings. The quantitative estimate of drug-likeness (QED) is 0.375. The summed E-state index contributed by atoms with van der Waals surface area (Å²) < 4.78 is 22.1. The van der Waals surface area contributed by atoms with Crippen LogP contribution in [0.15, 0.2) is 47.5 Å². The summed E-state index contributed by atoms with van der Waals surface area (Å²) in [4.78, 5) is 26.2. The van der Waals surface area contributed by atoms with Crippen molar-refractivity contribution in [3.63, 3.8) is 0 Å². The van der Waals surface area contributed by atoms with Crippen LogP contribution >= 0.6 is 11.6 Å². The summed E-state index contributed by atoms with van der Waals surface area (Å²) in [5.74, 6) is -0.844. The van der Waals surface area contributed by atoms with Crippen LogP contribution in [0.4, 0.5) is 10.2 Å². The van der Waals surface area contributed by atoms with Crippen LogP contribution in [0.25, 0.3) is 0 Å². The lowest BCUT2D eigenvalue weighted by Gasteiger charge is -2.21. The smallest absolute Gasteiger partial charge is 0.271 e. The van der Waals surface area contributed by atoms with E-state index in [9.17, 15) is 19.1 Å². The van der Waals surface area contributed by atoms with E-state index in [1.165, 1.54) is 29.1 Å². The Morgan fingerprint density at radius 3 is 2.81 bits per heavy atom. The van der Waals surface area contributed by atoms with Crippen molar-refractivity contribution in [1.29, 1.82) is 0 Å². The van der Waals surface area contributed by atoms with E-state index in [0.717, 1.165) is 36.4 Å². The highest BCUT2D eigenvalue weighted by atomic mass is 35.5. The number of aliphatic hydroxyl groups is 2. The van der Waals surface area contributed by atoms with Crippen molar-refractivity contribution >= 4 is 23.3 Å². The number of halogens is 2. The summed E-state index contributed by atoms with van der Waals surface area (Å²) in [6.07, 6.45) is 6.31. The molecule has 36 heavy (non-hydrogen) atoms. The Bertz CT molecular complexity index is 1260. The normalized spacial score (nSPS) is 15.6. The van der Waals surface area contributed by atoms with Gasteiger partial charge in [-0.2, -0.15) is 10.2 Å². The maximum Gasteiger partial charge on any atom is 0.271 e. The lowest BCUT2D eigenvalue weighted by atomic mass is 9.98. The van der Waals surface area contributed by atoms with Gasteiger partial charge < -0.3 is 20.3 Å². The van der Waals surface area contributed by atoms with E-state index in [2.05, 4.69) is 15.5 Å². The molecular formula is C24H27ClFN5O5. The Morgan fingerprint density at radius 2 is 2.08 bits per heavy atom.